The van der Waals surface area contributed by atoms with E-state index in [1.54, 1.807) is 31.4 Å². The van der Waals surface area contributed by atoms with Gasteiger partial charge in [-0.1, -0.05) is 38.1 Å². The molecule has 0 heterocycles. The van der Waals surface area contributed by atoms with Crippen molar-refractivity contribution in [3.05, 3.63) is 59.2 Å². The lowest BCUT2D eigenvalue weighted by Gasteiger charge is -2.39. The van der Waals surface area contributed by atoms with Crippen LogP contribution < -0.4 is 10.1 Å². The Morgan fingerprint density at radius 3 is 2.36 bits per heavy atom. The Morgan fingerprint density at radius 1 is 1.00 bits per heavy atom. The van der Waals surface area contributed by atoms with Gasteiger partial charge in [-0.3, -0.25) is 4.79 Å². The zero-order valence-electron chi connectivity index (χ0n) is 20.2. The molecule has 2 fully saturated rings. The van der Waals surface area contributed by atoms with E-state index in [0.717, 1.165) is 35.4 Å². The molecule has 2 aliphatic carbocycles. The molecular formula is C27H32N2O4. The van der Waals surface area contributed by atoms with Gasteiger partial charge in [0.05, 0.1) is 23.8 Å². The molecular weight excluding hydrogens is 416 g/mol. The fourth-order valence-electron chi connectivity index (χ4n) is 5.51. The molecule has 0 radical (unpaired) electrons. The lowest BCUT2D eigenvalue weighted by Crippen LogP contribution is -2.43. The van der Waals surface area contributed by atoms with Gasteiger partial charge in [-0.2, -0.15) is 0 Å². The third-order valence-corrected chi connectivity index (χ3v) is 8.37. The van der Waals surface area contributed by atoms with Gasteiger partial charge in [0.2, 0.25) is 5.91 Å². The first-order valence-electron chi connectivity index (χ1n) is 11.4. The van der Waals surface area contributed by atoms with Crippen LogP contribution in [0.5, 0.6) is 5.75 Å². The van der Waals surface area contributed by atoms with Gasteiger partial charge < -0.3 is 14.9 Å². The summed E-state index contributed by atoms with van der Waals surface area (Å²) in [6, 6.07) is 12.8. The predicted octanol–water partition coefficient (Wildman–Crippen LogP) is 5.68. The molecule has 6 nitrogen and oxygen atoms in total. The summed E-state index contributed by atoms with van der Waals surface area (Å²) in [5.41, 5.74) is 2.87. The number of nitrogens with zero attached hydrogens (tertiary/aromatic N) is 1. The van der Waals surface area contributed by atoms with Crippen molar-refractivity contribution in [1.82, 2.24) is 0 Å². The highest BCUT2D eigenvalue weighted by molar-refractivity contribution is 6.06. The fraction of sp³-hybridized carbons (Fsp3) is 0.444. The van der Waals surface area contributed by atoms with E-state index in [0.29, 0.717) is 17.7 Å². The summed E-state index contributed by atoms with van der Waals surface area (Å²) in [7, 11) is 1.57. The lowest BCUT2D eigenvalue weighted by atomic mass is 9.64. The number of benzene rings is 2. The Morgan fingerprint density at radius 2 is 1.70 bits per heavy atom. The largest absolute Gasteiger partial charge is 0.497 e. The van der Waals surface area contributed by atoms with Gasteiger partial charge in [0.15, 0.2) is 0 Å². The molecule has 0 spiro atoms. The van der Waals surface area contributed by atoms with E-state index in [2.05, 4.69) is 31.2 Å². The van der Waals surface area contributed by atoms with Gasteiger partial charge in [0.1, 0.15) is 5.75 Å². The second-order valence-electron chi connectivity index (χ2n) is 10.1. The average molecular weight is 449 g/mol. The Balaban J connectivity index is 1.58. The molecule has 2 aromatic carbocycles. The Kier molecular flexibility index (Phi) is 5.59. The standard InChI is InChI=1S/C27H32N2O4/c1-17-7-8-18(2)21(15-17)28-24(31)27-14-13-26(5,25(27,3)4)22(16-27)29-33-23(30)19-9-11-20(32-6)12-10-19/h7-12,15H,13-14,16H2,1-6H3,(H,28,31). The van der Waals surface area contributed by atoms with E-state index in [-0.39, 0.29) is 16.7 Å². The predicted molar refractivity (Wildman–Crippen MR) is 129 cm³/mol. The number of anilines is 1. The maximum absolute atomic E-state index is 13.7. The van der Waals surface area contributed by atoms with Crippen LogP contribution in [0.1, 0.15) is 61.5 Å². The first-order valence-corrected chi connectivity index (χ1v) is 11.4. The van der Waals surface area contributed by atoms with E-state index in [9.17, 15) is 9.59 Å². The first kappa shape index (κ1) is 23.0. The van der Waals surface area contributed by atoms with Crippen molar-refractivity contribution in [3.63, 3.8) is 0 Å². The van der Waals surface area contributed by atoms with E-state index in [1.807, 2.05) is 32.0 Å². The molecule has 33 heavy (non-hydrogen) atoms. The third-order valence-electron chi connectivity index (χ3n) is 8.37. The number of nitrogens with one attached hydrogen (secondary N) is 1. The number of oxime groups is 1. The highest BCUT2D eigenvalue weighted by Crippen LogP contribution is 2.71. The van der Waals surface area contributed by atoms with Gasteiger partial charge >= 0.3 is 5.97 Å². The lowest BCUT2D eigenvalue weighted by molar-refractivity contribution is -0.130. The van der Waals surface area contributed by atoms with Crippen molar-refractivity contribution in [2.24, 2.45) is 21.4 Å². The van der Waals surface area contributed by atoms with Crippen LogP contribution in [-0.4, -0.2) is 24.7 Å². The number of hydrogen-bond acceptors (Lipinski definition) is 5. The van der Waals surface area contributed by atoms with E-state index >= 15 is 0 Å². The zero-order chi connectivity index (χ0) is 24.0. The molecule has 0 aromatic heterocycles. The van der Waals surface area contributed by atoms with Crippen molar-refractivity contribution < 1.29 is 19.2 Å². The van der Waals surface area contributed by atoms with Crippen LogP contribution in [0.25, 0.3) is 0 Å². The van der Waals surface area contributed by atoms with Crippen LogP contribution in [0, 0.1) is 30.1 Å². The Hall–Kier alpha value is -3.15. The molecule has 2 aliphatic rings. The average Bonchev–Trinajstić information content (AvgIpc) is 3.10. The summed E-state index contributed by atoms with van der Waals surface area (Å²) in [4.78, 5) is 31.6. The molecule has 0 aliphatic heterocycles. The van der Waals surface area contributed by atoms with Crippen LogP contribution in [0.2, 0.25) is 0 Å². The third kappa shape index (κ3) is 3.52. The maximum atomic E-state index is 13.7. The highest BCUT2D eigenvalue weighted by Gasteiger charge is 2.71. The van der Waals surface area contributed by atoms with Gasteiger partial charge in [-0.05, 0) is 73.6 Å². The SMILES string of the molecule is COc1ccc(C(=O)ON=C2CC3(C(=O)Nc4cc(C)ccc4C)CCC2(C)C3(C)C)cc1. The normalized spacial score (nSPS) is 26.3. The second-order valence-corrected chi connectivity index (χ2v) is 10.1. The number of methoxy groups -OCH3 is 1. The summed E-state index contributed by atoms with van der Waals surface area (Å²) >= 11 is 0. The summed E-state index contributed by atoms with van der Waals surface area (Å²) < 4.78 is 5.13. The second kappa shape index (κ2) is 8.01. The Labute approximate surface area is 195 Å². The van der Waals surface area contributed by atoms with Crippen LogP contribution in [-0.2, 0) is 9.63 Å². The monoisotopic (exact) mass is 448 g/mol. The number of aryl methyl sites for hydroxylation is 2. The van der Waals surface area contributed by atoms with Crippen molar-refractivity contribution in [3.8, 4) is 5.75 Å². The molecule has 2 unspecified atom stereocenters. The van der Waals surface area contributed by atoms with Gasteiger partial charge in [0.25, 0.3) is 0 Å². The van der Waals surface area contributed by atoms with Crippen LogP contribution in [0.4, 0.5) is 5.69 Å². The van der Waals surface area contributed by atoms with Crippen molar-refractivity contribution in [2.75, 3.05) is 12.4 Å². The highest BCUT2D eigenvalue weighted by atomic mass is 16.7. The smallest absolute Gasteiger partial charge is 0.365 e. The van der Waals surface area contributed by atoms with Crippen molar-refractivity contribution in [1.29, 1.82) is 0 Å². The van der Waals surface area contributed by atoms with Crippen LogP contribution in [0.3, 0.4) is 0 Å². The van der Waals surface area contributed by atoms with Crippen LogP contribution in [0.15, 0.2) is 47.6 Å². The molecule has 4 rings (SSSR count). The molecule has 2 aromatic rings. The molecule has 1 amide bonds. The quantitative estimate of drug-likeness (QED) is 0.472. The van der Waals surface area contributed by atoms with Gasteiger partial charge in [-0.25, -0.2) is 4.79 Å². The summed E-state index contributed by atoms with van der Waals surface area (Å²) in [5.74, 6) is 0.150. The number of rotatable bonds is 5. The summed E-state index contributed by atoms with van der Waals surface area (Å²) in [6.07, 6.45) is 2.07. The molecule has 2 bridgehead atoms. The van der Waals surface area contributed by atoms with E-state index in [1.165, 1.54) is 0 Å². The molecule has 1 N–H and O–H groups in total. The van der Waals surface area contributed by atoms with Gasteiger partial charge in [-0.15, -0.1) is 0 Å². The molecule has 6 heteroatoms. The number of fused-ring (bicyclic) bond motifs is 2. The minimum absolute atomic E-state index is 0.0107. The molecule has 174 valence electrons. The van der Waals surface area contributed by atoms with Crippen molar-refractivity contribution >= 4 is 23.3 Å². The Bertz CT molecular complexity index is 1140. The summed E-state index contributed by atoms with van der Waals surface area (Å²) in [6.45, 7) is 10.4. The topological polar surface area (TPSA) is 77.0 Å². The van der Waals surface area contributed by atoms with E-state index < -0.39 is 11.4 Å². The van der Waals surface area contributed by atoms with Crippen LogP contribution >= 0.6 is 0 Å². The number of hydrogen-bond donors (Lipinski definition) is 1. The number of amides is 1. The number of carbonyl (C=O) groups is 2. The molecule has 2 atom stereocenters. The summed E-state index contributed by atoms with van der Waals surface area (Å²) in [5, 5.41) is 7.51. The maximum Gasteiger partial charge on any atom is 0.365 e. The minimum Gasteiger partial charge on any atom is -0.497 e. The molecule has 0 saturated heterocycles. The molecule has 2 saturated carbocycles. The first-order chi connectivity index (χ1) is 15.5. The number of carbonyl (C=O) groups excluding carboxylic acids is 2. The van der Waals surface area contributed by atoms with Crippen molar-refractivity contribution in [2.45, 2.75) is 53.9 Å². The van der Waals surface area contributed by atoms with Gasteiger partial charge in [0, 0.05) is 17.5 Å². The minimum atomic E-state index is -0.608. The fourth-order valence-corrected chi connectivity index (χ4v) is 5.51. The van der Waals surface area contributed by atoms with E-state index in [4.69, 9.17) is 9.57 Å². The zero-order valence-corrected chi connectivity index (χ0v) is 20.2. The number of ether oxygens (including phenoxy) is 1.